The van der Waals surface area contributed by atoms with Crippen molar-refractivity contribution in [1.29, 1.82) is 0 Å². The number of rotatable bonds is 3. The molecule has 18 heavy (non-hydrogen) atoms. The molecule has 0 saturated carbocycles. The first-order chi connectivity index (χ1) is 8.74. The Morgan fingerprint density at radius 2 is 1.94 bits per heavy atom. The molecule has 2 rings (SSSR count). The van der Waals surface area contributed by atoms with Gasteiger partial charge in [0.15, 0.2) is 0 Å². The van der Waals surface area contributed by atoms with Crippen LogP contribution in [0.5, 0.6) is 0 Å². The lowest BCUT2D eigenvalue weighted by molar-refractivity contribution is 0.0634. The lowest BCUT2D eigenvalue weighted by Gasteiger charge is -2.43. The summed E-state index contributed by atoms with van der Waals surface area (Å²) in [6.45, 7) is 7.00. The van der Waals surface area contributed by atoms with Crippen LogP contribution in [0.15, 0.2) is 0 Å². The quantitative estimate of drug-likeness (QED) is 0.834. The minimum Gasteiger partial charge on any atom is -0.329 e. The lowest BCUT2D eigenvalue weighted by atomic mass is 9.87. The zero-order chi connectivity index (χ0) is 13.0. The van der Waals surface area contributed by atoms with Crippen molar-refractivity contribution >= 4 is 0 Å². The molecule has 3 unspecified atom stereocenters. The molecule has 3 nitrogen and oxygen atoms in total. The van der Waals surface area contributed by atoms with Gasteiger partial charge in [0.2, 0.25) is 0 Å². The summed E-state index contributed by atoms with van der Waals surface area (Å²) < 4.78 is 0. The van der Waals surface area contributed by atoms with E-state index in [0.717, 1.165) is 18.5 Å². The number of hydrogen-bond acceptors (Lipinski definition) is 3. The van der Waals surface area contributed by atoms with E-state index in [1.807, 2.05) is 0 Å². The van der Waals surface area contributed by atoms with Crippen molar-refractivity contribution < 1.29 is 0 Å². The number of likely N-dealkylation sites (tertiary alicyclic amines) is 2. The third-order valence-corrected chi connectivity index (χ3v) is 5.11. The number of piperidine rings is 1. The first-order valence-electron chi connectivity index (χ1n) is 7.89. The normalized spacial score (nSPS) is 36.5. The predicted octanol–water partition coefficient (Wildman–Crippen LogP) is 1.92. The van der Waals surface area contributed by atoms with Crippen LogP contribution in [-0.4, -0.2) is 55.1 Å². The minimum atomic E-state index is 0.650. The maximum Gasteiger partial charge on any atom is 0.0223 e. The Morgan fingerprint density at radius 1 is 1.11 bits per heavy atom. The standard InChI is InChI=1S/C15H31N3/c1-3-13-6-10-18(15(11-13)12-16)14-5-4-8-17(2)9-7-14/h13-15H,3-12,16H2,1-2H3. The molecule has 2 saturated heterocycles. The minimum absolute atomic E-state index is 0.650. The predicted molar refractivity (Wildman–Crippen MR) is 77.7 cm³/mol. The van der Waals surface area contributed by atoms with E-state index >= 15 is 0 Å². The van der Waals surface area contributed by atoms with Crippen molar-refractivity contribution in [3.8, 4) is 0 Å². The van der Waals surface area contributed by atoms with Gasteiger partial charge in [-0.1, -0.05) is 13.3 Å². The Kier molecular flexibility index (Phi) is 5.46. The molecule has 0 aliphatic carbocycles. The molecule has 2 fully saturated rings. The van der Waals surface area contributed by atoms with Crippen molar-refractivity contribution in [2.45, 2.75) is 57.5 Å². The fourth-order valence-electron chi connectivity index (χ4n) is 3.79. The van der Waals surface area contributed by atoms with Crippen LogP contribution in [0.4, 0.5) is 0 Å². The van der Waals surface area contributed by atoms with Gasteiger partial charge in [0.25, 0.3) is 0 Å². The van der Waals surface area contributed by atoms with Crippen LogP contribution in [0, 0.1) is 5.92 Å². The van der Waals surface area contributed by atoms with Gasteiger partial charge in [-0.2, -0.15) is 0 Å². The van der Waals surface area contributed by atoms with Gasteiger partial charge < -0.3 is 10.6 Å². The molecule has 0 radical (unpaired) electrons. The van der Waals surface area contributed by atoms with Crippen molar-refractivity contribution in [3.63, 3.8) is 0 Å². The third kappa shape index (κ3) is 3.46. The molecule has 2 heterocycles. The summed E-state index contributed by atoms with van der Waals surface area (Å²) in [4.78, 5) is 5.24. The van der Waals surface area contributed by atoms with Crippen molar-refractivity contribution in [3.05, 3.63) is 0 Å². The summed E-state index contributed by atoms with van der Waals surface area (Å²) in [6.07, 6.45) is 8.12. The number of hydrogen-bond donors (Lipinski definition) is 1. The summed E-state index contributed by atoms with van der Waals surface area (Å²) in [5, 5.41) is 0. The summed E-state index contributed by atoms with van der Waals surface area (Å²) in [7, 11) is 2.26. The molecular formula is C15H31N3. The van der Waals surface area contributed by atoms with E-state index in [9.17, 15) is 0 Å². The Labute approximate surface area is 113 Å². The molecule has 2 aliphatic rings. The van der Waals surface area contributed by atoms with Crippen molar-refractivity contribution in [1.82, 2.24) is 9.80 Å². The fourth-order valence-corrected chi connectivity index (χ4v) is 3.79. The molecule has 0 aromatic rings. The van der Waals surface area contributed by atoms with E-state index in [0.29, 0.717) is 6.04 Å². The van der Waals surface area contributed by atoms with Gasteiger partial charge in [0, 0.05) is 18.6 Å². The van der Waals surface area contributed by atoms with Gasteiger partial charge in [-0.25, -0.2) is 0 Å². The summed E-state index contributed by atoms with van der Waals surface area (Å²) in [5.41, 5.74) is 6.03. The average molecular weight is 253 g/mol. The molecule has 0 bridgehead atoms. The molecule has 0 aromatic heterocycles. The molecule has 2 N–H and O–H groups in total. The van der Waals surface area contributed by atoms with Crippen LogP contribution in [0.3, 0.4) is 0 Å². The SMILES string of the molecule is CCC1CCN(C2CCCN(C)CC2)C(CN)C1. The van der Waals surface area contributed by atoms with E-state index in [2.05, 4.69) is 23.8 Å². The maximum atomic E-state index is 6.03. The maximum absolute atomic E-state index is 6.03. The van der Waals surface area contributed by atoms with E-state index < -0.39 is 0 Å². The van der Waals surface area contributed by atoms with Gasteiger partial charge in [-0.15, -0.1) is 0 Å². The van der Waals surface area contributed by atoms with E-state index in [1.165, 1.54) is 58.2 Å². The van der Waals surface area contributed by atoms with Gasteiger partial charge in [0.05, 0.1) is 0 Å². The van der Waals surface area contributed by atoms with Crippen LogP contribution in [0.25, 0.3) is 0 Å². The van der Waals surface area contributed by atoms with Crippen LogP contribution in [-0.2, 0) is 0 Å². The second-order valence-electron chi connectivity index (χ2n) is 6.31. The van der Waals surface area contributed by atoms with E-state index in [1.54, 1.807) is 0 Å². The van der Waals surface area contributed by atoms with E-state index in [4.69, 9.17) is 5.73 Å². The second kappa shape index (κ2) is 6.88. The molecule has 3 heteroatoms. The van der Waals surface area contributed by atoms with Crippen LogP contribution < -0.4 is 5.73 Å². The largest absolute Gasteiger partial charge is 0.329 e. The van der Waals surface area contributed by atoms with Crippen LogP contribution in [0.2, 0.25) is 0 Å². The van der Waals surface area contributed by atoms with Crippen molar-refractivity contribution in [2.24, 2.45) is 11.7 Å². The third-order valence-electron chi connectivity index (χ3n) is 5.11. The number of nitrogens with two attached hydrogens (primary N) is 1. The van der Waals surface area contributed by atoms with Crippen LogP contribution >= 0.6 is 0 Å². The highest BCUT2D eigenvalue weighted by atomic mass is 15.2. The summed E-state index contributed by atoms with van der Waals surface area (Å²) in [6, 6.07) is 1.44. The zero-order valence-corrected chi connectivity index (χ0v) is 12.3. The highest BCUT2D eigenvalue weighted by Crippen LogP contribution is 2.29. The second-order valence-corrected chi connectivity index (χ2v) is 6.31. The first-order valence-corrected chi connectivity index (χ1v) is 7.89. The van der Waals surface area contributed by atoms with Gasteiger partial charge in [0.1, 0.15) is 0 Å². The van der Waals surface area contributed by atoms with Gasteiger partial charge in [-0.3, -0.25) is 4.90 Å². The van der Waals surface area contributed by atoms with Gasteiger partial charge >= 0.3 is 0 Å². The monoisotopic (exact) mass is 253 g/mol. The first kappa shape index (κ1) is 14.3. The molecule has 3 atom stereocenters. The Balaban J connectivity index is 1.93. The lowest BCUT2D eigenvalue weighted by Crippen LogP contribution is -2.51. The molecule has 2 aliphatic heterocycles. The average Bonchev–Trinajstić information content (AvgIpc) is 2.62. The Hall–Kier alpha value is -0.120. The zero-order valence-electron chi connectivity index (χ0n) is 12.3. The number of nitrogens with zero attached hydrogens (tertiary/aromatic N) is 2. The summed E-state index contributed by atoms with van der Waals surface area (Å²) in [5.74, 6) is 0.920. The van der Waals surface area contributed by atoms with E-state index in [-0.39, 0.29) is 0 Å². The highest BCUT2D eigenvalue weighted by molar-refractivity contribution is 4.88. The molecular weight excluding hydrogens is 222 g/mol. The Morgan fingerprint density at radius 3 is 2.67 bits per heavy atom. The smallest absolute Gasteiger partial charge is 0.0223 e. The highest BCUT2D eigenvalue weighted by Gasteiger charge is 2.32. The van der Waals surface area contributed by atoms with Crippen molar-refractivity contribution in [2.75, 3.05) is 33.2 Å². The topological polar surface area (TPSA) is 32.5 Å². The molecule has 106 valence electrons. The molecule has 0 aromatic carbocycles. The molecule has 0 spiro atoms. The van der Waals surface area contributed by atoms with Gasteiger partial charge in [-0.05, 0) is 64.7 Å². The van der Waals surface area contributed by atoms with Crippen LogP contribution in [0.1, 0.15) is 45.4 Å². The Bertz CT molecular complexity index is 244. The fraction of sp³-hybridized carbons (Fsp3) is 1.00. The summed E-state index contributed by atoms with van der Waals surface area (Å²) >= 11 is 0. The molecule has 0 amide bonds.